The second kappa shape index (κ2) is 10.2. The topological polar surface area (TPSA) is 102 Å². The predicted octanol–water partition coefficient (Wildman–Crippen LogP) is 3.86. The largest absolute Gasteiger partial charge is 0.493 e. The molecular formula is C26H35F2N3O5. The summed E-state index contributed by atoms with van der Waals surface area (Å²) in [5.74, 6) is -3.23. The Hall–Kier alpha value is -2.91. The molecule has 3 fully saturated rings. The van der Waals surface area contributed by atoms with Crippen LogP contribution < -0.4 is 10.5 Å². The average Bonchev–Trinajstić information content (AvgIpc) is 3.51. The molecule has 0 radical (unpaired) electrons. The summed E-state index contributed by atoms with van der Waals surface area (Å²) in [5.41, 5.74) is 4.37. The minimum Gasteiger partial charge on any atom is -0.493 e. The molecule has 0 bridgehead atoms. The van der Waals surface area contributed by atoms with Gasteiger partial charge >= 0.3 is 6.09 Å². The smallest absolute Gasteiger partial charge is 0.410 e. The zero-order chi connectivity index (χ0) is 26.1. The van der Waals surface area contributed by atoms with Crippen molar-refractivity contribution in [3.63, 3.8) is 0 Å². The van der Waals surface area contributed by atoms with Crippen LogP contribution in [0.3, 0.4) is 0 Å². The first kappa shape index (κ1) is 26.2. The van der Waals surface area contributed by atoms with Crippen molar-refractivity contribution >= 4 is 17.9 Å². The van der Waals surface area contributed by atoms with E-state index < -0.39 is 35.6 Å². The van der Waals surface area contributed by atoms with E-state index in [2.05, 4.69) is 0 Å². The molecule has 36 heavy (non-hydrogen) atoms. The number of primary amides is 1. The Morgan fingerprint density at radius 3 is 2.28 bits per heavy atom. The Morgan fingerprint density at radius 1 is 1.11 bits per heavy atom. The number of likely N-dealkylation sites (N-methyl/N-ethyl adjacent to an activating group) is 1. The van der Waals surface area contributed by atoms with E-state index in [1.165, 1.54) is 7.05 Å². The van der Waals surface area contributed by atoms with Crippen LogP contribution in [-0.4, -0.2) is 66.6 Å². The Balaban J connectivity index is 1.16. The van der Waals surface area contributed by atoms with Crippen molar-refractivity contribution in [2.24, 2.45) is 17.1 Å². The quantitative estimate of drug-likeness (QED) is 0.512. The van der Waals surface area contributed by atoms with Gasteiger partial charge in [-0.05, 0) is 69.6 Å². The van der Waals surface area contributed by atoms with E-state index >= 15 is 0 Å². The first-order chi connectivity index (χ1) is 17.0. The molecule has 3 amide bonds. The van der Waals surface area contributed by atoms with Gasteiger partial charge in [0, 0.05) is 32.3 Å². The molecule has 1 spiro atoms. The van der Waals surface area contributed by atoms with Gasteiger partial charge in [-0.2, -0.15) is 0 Å². The van der Waals surface area contributed by atoms with E-state index in [-0.39, 0.29) is 17.4 Å². The van der Waals surface area contributed by atoms with Crippen molar-refractivity contribution in [1.82, 2.24) is 9.80 Å². The van der Waals surface area contributed by atoms with E-state index in [9.17, 15) is 23.2 Å². The minimum atomic E-state index is -1.05. The number of likely N-dealkylation sites (tertiary alicyclic amines) is 1. The van der Waals surface area contributed by atoms with Crippen molar-refractivity contribution in [3.05, 3.63) is 29.3 Å². The van der Waals surface area contributed by atoms with Crippen LogP contribution in [0.15, 0.2) is 12.1 Å². The molecule has 10 heteroatoms. The van der Waals surface area contributed by atoms with Crippen LogP contribution in [0.4, 0.5) is 13.6 Å². The molecule has 1 heterocycles. The highest BCUT2D eigenvalue weighted by molar-refractivity contribution is 5.96. The van der Waals surface area contributed by atoms with E-state index in [4.69, 9.17) is 15.2 Å². The minimum absolute atomic E-state index is 0.0171. The second-order valence-electron chi connectivity index (χ2n) is 11.0. The van der Waals surface area contributed by atoms with Crippen LogP contribution in [-0.2, 0) is 9.53 Å². The maximum absolute atomic E-state index is 14.4. The highest BCUT2D eigenvalue weighted by atomic mass is 19.1. The summed E-state index contributed by atoms with van der Waals surface area (Å²) >= 11 is 0. The van der Waals surface area contributed by atoms with Gasteiger partial charge in [0.15, 0.2) is 0 Å². The van der Waals surface area contributed by atoms with Crippen molar-refractivity contribution < 1.29 is 32.6 Å². The lowest BCUT2D eigenvalue weighted by Gasteiger charge is -2.52. The number of ether oxygens (including phenoxy) is 2. The summed E-state index contributed by atoms with van der Waals surface area (Å²) in [5, 5.41) is 0. The van der Waals surface area contributed by atoms with Crippen LogP contribution in [0.5, 0.6) is 5.75 Å². The summed E-state index contributed by atoms with van der Waals surface area (Å²) in [6, 6.07) is 1.96. The van der Waals surface area contributed by atoms with Crippen LogP contribution in [0.25, 0.3) is 0 Å². The maximum Gasteiger partial charge on any atom is 0.410 e. The number of halogens is 2. The third kappa shape index (κ3) is 6.07. The first-order valence-electron chi connectivity index (χ1n) is 12.6. The Labute approximate surface area is 210 Å². The normalized spacial score (nSPS) is 19.9. The maximum atomic E-state index is 14.4. The molecule has 3 aliphatic rings. The Morgan fingerprint density at radius 2 is 1.72 bits per heavy atom. The van der Waals surface area contributed by atoms with E-state index in [0.717, 1.165) is 81.5 Å². The van der Waals surface area contributed by atoms with Crippen molar-refractivity contribution in [2.75, 3.05) is 33.3 Å². The zero-order valence-corrected chi connectivity index (χ0v) is 21.0. The number of hydrogen-bond acceptors (Lipinski definition) is 5. The highest BCUT2D eigenvalue weighted by Crippen LogP contribution is 2.54. The van der Waals surface area contributed by atoms with Gasteiger partial charge in [0.1, 0.15) is 28.5 Å². The van der Waals surface area contributed by atoms with Gasteiger partial charge in [-0.3, -0.25) is 9.59 Å². The molecule has 2 aliphatic carbocycles. The number of piperidine rings is 1. The molecule has 0 unspecified atom stereocenters. The van der Waals surface area contributed by atoms with E-state index in [1.807, 2.05) is 11.8 Å². The molecular weight excluding hydrogens is 472 g/mol. The van der Waals surface area contributed by atoms with Gasteiger partial charge in [-0.1, -0.05) is 0 Å². The first-order valence-corrected chi connectivity index (χ1v) is 12.6. The van der Waals surface area contributed by atoms with Gasteiger partial charge < -0.3 is 25.0 Å². The van der Waals surface area contributed by atoms with Crippen LogP contribution in [0.1, 0.15) is 68.6 Å². The number of carbonyl (C=O) groups is 3. The number of carbonyl (C=O) groups excluding carboxylic acids is 3. The van der Waals surface area contributed by atoms with Crippen LogP contribution in [0, 0.1) is 23.0 Å². The molecule has 2 saturated carbocycles. The number of nitrogens with zero attached hydrogens (tertiary/aromatic N) is 2. The van der Waals surface area contributed by atoms with Crippen molar-refractivity contribution in [1.29, 1.82) is 0 Å². The summed E-state index contributed by atoms with van der Waals surface area (Å²) in [6.07, 6.45) is 7.71. The molecule has 1 aliphatic heterocycles. The van der Waals surface area contributed by atoms with Crippen molar-refractivity contribution in [3.8, 4) is 5.75 Å². The average molecular weight is 508 g/mol. The number of rotatable bonds is 9. The molecule has 4 rings (SSSR count). The molecule has 8 nitrogen and oxygen atoms in total. The van der Waals surface area contributed by atoms with Gasteiger partial charge in [0.25, 0.3) is 5.91 Å². The molecule has 2 N–H and O–H groups in total. The van der Waals surface area contributed by atoms with Gasteiger partial charge in [-0.25, -0.2) is 13.6 Å². The van der Waals surface area contributed by atoms with Crippen molar-refractivity contribution in [2.45, 2.75) is 63.9 Å². The second-order valence-corrected chi connectivity index (χ2v) is 11.0. The molecule has 0 aromatic heterocycles. The molecule has 1 aromatic carbocycles. The predicted molar refractivity (Wildman–Crippen MR) is 127 cm³/mol. The van der Waals surface area contributed by atoms with E-state index in [1.54, 1.807) is 0 Å². The monoisotopic (exact) mass is 507 g/mol. The molecule has 0 atom stereocenters. The van der Waals surface area contributed by atoms with Gasteiger partial charge in [-0.15, -0.1) is 0 Å². The van der Waals surface area contributed by atoms with Gasteiger partial charge in [0.2, 0.25) is 5.91 Å². The summed E-state index contributed by atoms with van der Waals surface area (Å²) in [7, 11) is 1.24. The lowest BCUT2D eigenvalue weighted by atomic mass is 9.56. The molecule has 1 aromatic rings. The lowest BCUT2D eigenvalue weighted by molar-refractivity contribution is -0.118. The van der Waals surface area contributed by atoms with Gasteiger partial charge in [0.05, 0.1) is 13.2 Å². The fraction of sp³-hybridized carbons (Fsp3) is 0.654. The SMILES string of the molecule is CN(CC(N)=O)C(=O)c1c(F)cc(OCCCC2CC3(CCN(C(=O)OC4(C)CC4)CC3)C2)cc1F. The third-order valence-corrected chi connectivity index (χ3v) is 7.81. The highest BCUT2D eigenvalue weighted by Gasteiger charge is 2.47. The summed E-state index contributed by atoms with van der Waals surface area (Å²) in [4.78, 5) is 38.2. The summed E-state index contributed by atoms with van der Waals surface area (Å²) < 4.78 is 39.9. The fourth-order valence-corrected chi connectivity index (χ4v) is 5.39. The van der Waals surface area contributed by atoms with E-state index in [0.29, 0.717) is 17.9 Å². The number of hydrogen-bond donors (Lipinski definition) is 1. The molecule has 198 valence electrons. The number of nitrogens with two attached hydrogens (primary N) is 1. The molecule has 1 saturated heterocycles. The standard InChI is InChI=1S/C26H35F2N3O5/c1-25(5-6-25)36-24(34)31-9-7-26(8-10-31)14-17(15-26)4-3-11-35-18-12-19(27)22(20(28)13-18)23(33)30(2)16-21(29)32/h12-13,17H,3-11,14-16H2,1-2H3,(H2,29,32). The fourth-order valence-electron chi connectivity index (χ4n) is 5.39. The zero-order valence-electron chi connectivity index (χ0n) is 21.0. The Bertz CT molecular complexity index is 990. The Kier molecular flexibility index (Phi) is 7.43. The number of benzene rings is 1. The van der Waals surface area contributed by atoms with Crippen LogP contribution in [0.2, 0.25) is 0 Å². The third-order valence-electron chi connectivity index (χ3n) is 7.81. The number of amides is 3. The lowest BCUT2D eigenvalue weighted by Crippen LogP contribution is -2.49. The summed E-state index contributed by atoms with van der Waals surface area (Å²) in [6.45, 7) is 3.35. The van der Waals surface area contributed by atoms with Crippen LogP contribution >= 0.6 is 0 Å².